The third kappa shape index (κ3) is 3.33. The van der Waals surface area contributed by atoms with Crippen LogP contribution in [0.15, 0.2) is 65.2 Å². The molecule has 5 heteroatoms. The smallest absolute Gasteiger partial charge is 0.259 e. The third-order valence-electron chi connectivity index (χ3n) is 5.37. The van der Waals surface area contributed by atoms with Crippen molar-refractivity contribution in [3.63, 3.8) is 0 Å². The number of carbonyl (C=O) groups is 1. The van der Waals surface area contributed by atoms with Crippen molar-refractivity contribution in [3.8, 4) is 23.6 Å². The molecule has 0 atom stereocenters. The molecule has 1 aliphatic carbocycles. The molecule has 0 aliphatic heterocycles. The van der Waals surface area contributed by atoms with Gasteiger partial charge in [-0.1, -0.05) is 59.6 Å². The number of rotatable bonds is 5. The van der Waals surface area contributed by atoms with E-state index in [2.05, 4.69) is 21.4 Å². The van der Waals surface area contributed by atoms with Crippen LogP contribution in [0.2, 0.25) is 0 Å². The van der Waals surface area contributed by atoms with Crippen molar-refractivity contribution >= 4 is 17.0 Å². The van der Waals surface area contributed by atoms with Crippen molar-refractivity contribution in [1.82, 2.24) is 15.5 Å². The summed E-state index contributed by atoms with van der Waals surface area (Å²) in [5.74, 6) is 2.85. The molecular weight excluding hydrogens is 374 g/mol. The minimum absolute atomic E-state index is 0.198. The van der Waals surface area contributed by atoms with Gasteiger partial charge < -0.3 is 9.84 Å². The summed E-state index contributed by atoms with van der Waals surface area (Å²) in [6.07, 6.45) is 7.74. The summed E-state index contributed by atoms with van der Waals surface area (Å²) in [6, 6.07) is 19.1. The maximum Gasteiger partial charge on any atom is 0.259 e. The number of terminal acetylenes is 1. The fraction of sp³-hybridized carbons (Fsp3) is 0.160. The Morgan fingerprint density at radius 3 is 2.67 bits per heavy atom. The minimum Gasteiger partial charge on any atom is -0.348 e. The van der Waals surface area contributed by atoms with E-state index in [4.69, 9.17) is 10.9 Å². The fourth-order valence-electron chi connectivity index (χ4n) is 3.62. The highest BCUT2D eigenvalue weighted by Crippen LogP contribution is 2.41. The summed E-state index contributed by atoms with van der Waals surface area (Å²) >= 11 is 0. The first kappa shape index (κ1) is 18.1. The Kier molecular flexibility index (Phi) is 4.53. The van der Waals surface area contributed by atoms with Crippen molar-refractivity contribution in [2.24, 2.45) is 0 Å². The molecule has 0 radical (unpaired) electrons. The van der Waals surface area contributed by atoms with Crippen molar-refractivity contribution in [2.45, 2.75) is 25.3 Å². The molecule has 2 aromatic heterocycles. The fourth-order valence-corrected chi connectivity index (χ4v) is 3.62. The first-order valence-electron chi connectivity index (χ1n) is 9.93. The molecule has 1 N–H and O–H groups in total. The van der Waals surface area contributed by atoms with Crippen LogP contribution >= 0.6 is 0 Å². The lowest BCUT2D eigenvalue weighted by Crippen LogP contribution is -2.24. The molecule has 1 saturated carbocycles. The van der Waals surface area contributed by atoms with Crippen LogP contribution in [0.25, 0.3) is 22.4 Å². The number of benzene rings is 2. The molecule has 0 unspecified atom stereocenters. The maximum atomic E-state index is 13.2. The van der Waals surface area contributed by atoms with E-state index in [-0.39, 0.29) is 5.91 Å². The van der Waals surface area contributed by atoms with Gasteiger partial charge in [-0.2, -0.15) is 0 Å². The minimum atomic E-state index is -0.198. The second-order valence-corrected chi connectivity index (χ2v) is 7.43. The topological polar surface area (TPSA) is 68.0 Å². The average molecular weight is 393 g/mol. The van der Waals surface area contributed by atoms with E-state index in [9.17, 15) is 4.79 Å². The largest absolute Gasteiger partial charge is 0.348 e. The molecule has 0 spiro atoms. The Morgan fingerprint density at radius 1 is 1.13 bits per heavy atom. The standard InChI is InChI=1S/C25H19N3O2/c1-2-16-8-6-7-11-19(16)15-26-24(29)20-14-21(17-12-13-17)27-25-22(20)23(28-30-25)18-9-4-3-5-10-18/h1,3-11,14,17H,12-13,15H2,(H,26,29). The van der Waals surface area contributed by atoms with Gasteiger partial charge in [-0.3, -0.25) is 4.79 Å². The lowest BCUT2D eigenvalue weighted by molar-refractivity contribution is 0.0952. The van der Waals surface area contributed by atoms with Crippen LogP contribution in [-0.2, 0) is 6.54 Å². The predicted octanol–water partition coefficient (Wildman–Crippen LogP) is 4.68. The summed E-state index contributed by atoms with van der Waals surface area (Å²) < 4.78 is 5.54. The molecule has 2 aromatic carbocycles. The molecule has 1 amide bonds. The summed E-state index contributed by atoms with van der Waals surface area (Å²) in [5.41, 5.74) is 4.97. The summed E-state index contributed by atoms with van der Waals surface area (Å²) in [4.78, 5) is 17.9. The van der Waals surface area contributed by atoms with Gasteiger partial charge in [0.2, 0.25) is 0 Å². The first-order valence-corrected chi connectivity index (χ1v) is 9.93. The van der Waals surface area contributed by atoms with E-state index < -0.39 is 0 Å². The summed E-state index contributed by atoms with van der Waals surface area (Å²) in [6.45, 7) is 0.341. The quantitative estimate of drug-likeness (QED) is 0.500. The van der Waals surface area contributed by atoms with Crippen molar-refractivity contribution in [2.75, 3.05) is 0 Å². The van der Waals surface area contributed by atoms with Gasteiger partial charge >= 0.3 is 0 Å². The Hall–Kier alpha value is -3.91. The Morgan fingerprint density at radius 2 is 1.90 bits per heavy atom. The van der Waals surface area contributed by atoms with Crippen LogP contribution in [0, 0.1) is 12.3 Å². The molecule has 5 rings (SSSR count). The number of hydrogen-bond acceptors (Lipinski definition) is 4. The molecule has 5 nitrogen and oxygen atoms in total. The monoisotopic (exact) mass is 393 g/mol. The van der Waals surface area contributed by atoms with Gasteiger partial charge in [0, 0.05) is 29.3 Å². The van der Waals surface area contributed by atoms with Crippen LogP contribution < -0.4 is 5.32 Å². The van der Waals surface area contributed by atoms with Crippen molar-refractivity contribution in [1.29, 1.82) is 0 Å². The van der Waals surface area contributed by atoms with E-state index >= 15 is 0 Å². The van der Waals surface area contributed by atoms with E-state index in [1.807, 2.05) is 60.7 Å². The normalized spacial score (nSPS) is 13.2. The number of carbonyl (C=O) groups excluding carboxylic acids is 1. The van der Waals surface area contributed by atoms with Crippen LogP contribution in [0.5, 0.6) is 0 Å². The van der Waals surface area contributed by atoms with Crippen molar-refractivity contribution in [3.05, 3.63) is 83.0 Å². The second-order valence-electron chi connectivity index (χ2n) is 7.43. The molecule has 0 bridgehead atoms. The summed E-state index contributed by atoms with van der Waals surface area (Å²) in [7, 11) is 0. The zero-order valence-electron chi connectivity index (χ0n) is 16.3. The molecule has 1 fully saturated rings. The molecule has 1 aliphatic rings. The highest BCUT2D eigenvalue weighted by Gasteiger charge is 2.29. The van der Waals surface area contributed by atoms with Gasteiger partial charge in [0.1, 0.15) is 5.69 Å². The lowest BCUT2D eigenvalue weighted by Gasteiger charge is -2.10. The van der Waals surface area contributed by atoms with Crippen LogP contribution in [0.4, 0.5) is 0 Å². The molecule has 4 aromatic rings. The molecule has 0 saturated heterocycles. The van der Waals surface area contributed by atoms with Gasteiger partial charge in [0.15, 0.2) is 0 Å². The Bertz CT molecular complexity index is 1280. The number of nitrogens with zero attached hydrogens (tertiary/aromatic N) is 2. The van der Waals surface area contributed by atoms with Crippen LogP contribution in [0.3, 0.4) is 0 Å². The number of amides is 1. The number of pyridine rings is 1. The third-order valence-corrected chi connectivity index (χ3v) is 5.37. The molecule has 146 valence electrons. The van der Waals surface area contributed by atoms with Gasteiger partial charge in [0.25, 0.3) is 11.6 Å². The van der Waals surface area contributed by atoms with Gasteiger partial charge in [0.05, 0.1) is 10.9 Å². The van der Waals surface area contributed by atoms with Gasteiger partial charge in [-0.25, -0.2) is 4.98 Å². The van der Waals surface area contributed by atoms with Crippen LogP contribution in [0.1, 0.15) is 45.9 Å². The number of hydrogen-bond donors (Lipinski definition) is 1. The second kappa shape index (κ2) is 7.49. The Labute approximate surface area is 174 Å². The van der Waals surface area contributed by atoms with Gasteiger partial charge in [-0.15, -0.1) is 6.42 Å². The maximum absolute atomic E-state index is 13.2. The van der Waals surface area contributed by atoms with Crippen molar-refractivity contribution < 1.29 is 9.32 Å². The van der Waals surface area contributed by atoms with E-state index in [1.54, 1.807) is 0 Å². The van der Waals surface area contributed by atoms with Gasteiger partial charge in [-0.05, 0) is 30.5 Å². The van der Waals surface area contributed by atoms with E-state index in [0.29, 0.717) is 34.8 Å². The predicted molar refractivity (Wildman–Crippen MR) is 115 cm³/mol. The number of aromatic nitrogens is 2. The van der Waals surface area contributed by atoms with Crippen LogP contribution in [-0.4, -0.2) is 16.0 Å². The zero-order valence-corrected chi connectivity index (χ0v) is 16.3. The summed E-state index contributed by atoms with van der Waals surface area (Å²) in [5, 5.41) is 7.87. The molecule has 2 heterocycles. The zero-order chi connectivity index (χ0) is 20.5. The number of fused-ring (bicyclic) bond motifs is 1. The van der Waals surface area contributed by atoms with E-state index in [1.165, 1.54) is 0 Å². The SMILES string of the molecule is C#Cc1ccccc1CNC(=O)c1cc(C2CC2)nc2onc(-c3ccccc3)c12. The average Bonchev–Trinajstić information content (AvgIpc) is 3.56. The van der Waals surface area contributed by atoms with E-state index in [0.717, 1.165) is 35.2 Å². The first-order chi connectivity index (χ1) is 14.7. The molecular formula is C25H19N3O2. The highest BCUT2D eigenvalue weighted by atomic mass is 16.5. The number of nitrogens with one attached hydrogen (secondary N) is 1. The Balaban J connectivity index is 1.55. The highest BCUT2D eigenvalue weighted by molar-refractivity contribution is 6.09. The lowest BCUT2D eigenvalue weighted by atomic mass is 10.0. The molecule has 30 heavy (non-hydrogen) atoms.